The number of nitrogens with zero attached hydrogens (tertiary/aromatic N) is 2. The molecule has 102 valence electrons. The summed E-state index contributed by atoms with van der Waals surface area (Å²) in [6.45, 7) is 4.54. The number of aryl methyl sites for hydroxylation is 2. The second-order valence-electron chi connectivity index (χ2n) is 4.50. The van der Waals surface area contributed by atoms with E-state index in [1.165, 1.54) is 0 Å². The van der Waals surface area contributed by atoms with Crippen molar-refractivity contribution in [2.24, 2.45) is 0 Å². The lowest BCUT2D eigenvalue weighted by Crippen LogP contribution is -2.07. The van der Waals surface area contributed by atoms with Gasteiger partial charge in [-0.15, -0.1) is 0 Å². The number of nitrogens with two attached hydrogens (primary N) is 1. The number of aromatic nitrogens is 2. The molecule has 0 amide bonds. The molecule has 19 heavy (non-hydrogen) atoms. The quantitative estimate of drug-likeness (QED) is 0.865. The third-order valence-electron chi connectivity index (χ3n) is 2.87. The summed E-state index contributed by atoms with van der Waals surface area (Å²) >= 11 is 0. The average molecular weight is 279 g/mol. The summed E-state index contributed by atoms with van der Waals surface area (Å²) in [5, 5.41) is 4.07. The first-order valence-corrected chi connectivity index (χ1v) is 7.68. The van der Waals surface area contributed by atoms with Crippen molar-refractivity contribution in [2.75, 3.05) is 5.73 Å². The summed E-state index contributed by atoms with van der Waals surface area (Å²) in [5.74, 6) is -0.0831. The Morgan fingerprint density at radius 2 is 2.11 bits per heavy atom. The zero-order valence-electron chi connectivity index (χ0n) is 11.0. The largest absolute Gasteiger partial charge is 0.398 e. The van der Waals surface area contributed by atoms with Crippen molar-refractivity contribution >= 4 is 15.5 Å². The maximum atomic E-state index is 12.3. The van der Waals surface area contributed by atoms with E-state index in [4.69, 9.17) is 5.73 Å². The van der Waals surface area contributed by atoms with Gasteiger partial charge in [-0.3, -0.25) is 4.68 Å². The number of hydrogen-bond acceptors (Lipinski definition) is 4. The summed E-state index contributed by atoms with van der Waals surface area (Å²) in [6.07, 6.45) is 3.31. The van der Waals surface area contributed by atoms with Crippen LogP contribution in [0.3, 0.4) is 0 Å². The van der Waals surface area contributed by atoms with Gasteiger partial charge in [-0.05, 0) is 31.5 Å². The molecule has 2 N–H and O–H groups in total. The Hall–Kier alpha value is -1.82. The van der Waals surface area contributed by atoms with Crippen LogP contribution >= 0.6 is 0 Å². The maximum Gasteiger partial charge on any atom is 0.184 e. The van der Waals surface area contributed by atoms with Crippen molar-refractivity contribution in [3.05, 3.63) is 41.7 Å². The summed E-state index contributed by atoms with van der Waals surface area (Å²) in [4.78, 5) is 0.183. The predicted octanol–water partition coefficient (Wildman–Crippen LogP) is 1.77. The van der Waals surface area contributed by atoms with Crippen LogP contribution in [0.5, 0.6) is 0 Å². The van der Waals surface area contributed by atoms with Crippen LogP contribution in [0, 0.1) is 6.92 Å². The van der Waals surface area contributed by atoms with Crippen molar-refractivity contribution in [1.82, 2.24) is 9.78 Å². The van der Waals surface area contributed by atoms with Gasteiger partial charge in [0.25, 0.3) is 0 Å². The van der Waals surface area contributed by atoms with Crippen molar-refractivity contribution in [2.45, 2.75) is 31.0 Å². The van der Waals surface area contributed by atoms with Crippen molar-refractivity contribution in [1.29, 1.82) is 0 Å². The maximum absolute atomic E-state index is 12.3. The summed E-state index contributed by atoms with van der Waals surface area (Å²) in [5.41, 5.74) is 7.70. The summed E-state index contributed by atoms with van der Waals surface area (Å²) in [6, 6.07) is 4.98. The fourth-order valence-electron chi connectivity index (χ4n) is 1.90. The van der Waals surface area contributed by atoms with Gasteiger partial charge in [0.05, 0.1) is 22.5 Å². The van der Waals surface area contributed by atoms with E-state index in [0.29, 0.717) is 17.8 Å². The van der Waals surface area contributed by atoms with E-state index in [0.717, 1.165) is 5.56 Å². The van der Waals surface area contributed by atoms with E-state index in [9.17, 15) is 8.42 Å². The molecule has 0 atom stereocenters. The minimum atomic E-state index is -3.43. The molecule has 0 aliphatic carbocycles. The zero-order chi connectivity index (χ0) is 14.0. The molecule has 1 aromatic heterocycles. The third kappa shape index (κ3) is 2.96. The van der Waals surface area contributed by atoms with Crippen LogP contribution in [0.4, 0.5) is 5.69 Å². The van der Waals surface area contributed by atoms with Gasteiger partial charge in [0.15, 0.2) is 9.84 Å². The Morgan fingerprint density at radius 3 is 2.68 bits per heavy atom. The molecular weight excluding hydrogens is 262 g/mol. The highest BCUT2D eigenvalue weighted by Crippen LogP contribution is 2.23. The van der Waals surface area contributed by atoms with Gasteiger partial charge >= 0.3 is 0 Å². The van der Waals surface area contributed by atoms with Gasteiger partial charge in [-0.1, -0.05) is 6.07 Å². The van der Waals surface area contributed by atoms with Gasteiger partial charge in [-0.25, -0.2) is 8.42 Å². The zero-order valence-corrected chi connectivity index (χ0v) is 11.8. The lowest BCUT2D eigenvalue weighted by atomic mass is 10.2. The van der Waals surface area contributed by atoms with Crippen LogP contribution in [0.15, 0.2) is 35.5 Å². The Bertz CT molecular complexity index is 690. The SMILES string of the molecule is CCn1cc(CS(=O)(=O)c2ccc(C)cc2N)cn1. The first kappa shape index (κ1) is 13.6. The van der Waals surface area contributed by atoms with Gasteiger partial charge in [0, 0.05) is 18.3 Å². The summed E-state index contributed by atoms with van der Waals surface area (Å²) < 4.78 is 26.3. The molecule has 0 aliphatic heterocycles. The van der Waals surface area contributed by atoms with Gasteiger partial charge < -0.3 is 5.73 Å². The number of rotatable bonds is 4. The number of sulfone groups is 1. The first-order chi connectivity index (χ1) is 8.92. The van der Waals surface area contributed by atoms with Crippen molar-refractivity contribution in [3.63, 3.8) is 0 Å². The average Bonchev–Trinajstić information content (AvgIpc) is 2.75. The van der Waals surface area contributed by atoms with E-state index < -0.39 is 9.84 Å². The molecule has 0 unspecified atom stereocenters. The van der Waals surface area contributed by atoms with Crippen LogP contribution in [-0.4, -0.2) is 18.2 Å². The van der Waals surface area contributed by atoms with Gasteiger partial charge in [0.1, 0.15) is 0 Å². The highest BCUT2D eigenvalue weighted by Gasteiger charge is 2.19. The molecule has 0 fully saturated rings. The fourth-order valence-corrected chi connectivity index (χ4v) is 3.34. The third-order valence-corrected chi connectivity index (χ3v) is 4.62. The number of hydrogen-bond donors (Lipinski definition) is 1. The Labute approximate surface area is 113 Å². The van der Waals surface area contributed by atoms with E-state index in [2.05, 4.69) is 5.10 Å². The van der Waals surface area contributed by atoms with Crippen LogP contribution in [-0.2, 0) is 22.1 Å². The molecule has 2 aromatic rings. The lowest BCUT2D eigenvalue weighted by Gasteiger charge is -2.07. The minimum Gasteiger partial charge on any atom is -0.398 e. The van der Waals surface area contributed by atoms with Gasteiger partial charge in [-0.2, -0.15) is 5.10 Å². The molecule has 6 heteroatoms. The van der Waals surface area contributed by atoms with E-state index in [1.54, 1.807) is 35.3 Å². The fraction of sp³-hybridized carbons (Fsp3) is 0.308. The normalized spacial score (nSPS) is 11.7. The monoisotopic (exact) mass is 279 g/mol. The standard InChI is InChI=1S/C13H17N3O2S/c1-3-16-8-11(7-15-16)9-19(17,18)13-5-4-10(2)6-12(13)14/h4-8H,3,9,14H2,1-2H3. The van der Waals surface area contributed by atoms with Crippen LogP contribution < -0.4 is 5.73 Å². The molecule has 0 bridgehead atoms. The molecule has 0 saturated heterocycles. The van der Waals surface area contributed by atoms with E-state index >= 15 is 0 Å². The first-order valence-electron chi connectivity index (χ1n) is 6.02. The smallest absolute Gasteiger partial charge is 0.184 e. The minimum absolute atomic E-state index is 0.0831. The van der Waals surface area contributed by atoms with Crippen LogP contribution in [0.1, 0.15) is 18.1 Å². The van der Waals surface area contributed by atoms with Gasteiger partial charge in [0.2, 0.25) is 0 Å². The second kappa shape index (κ2) is 5.05. The topological polar surface area (TPSA) is 78.0 Å². The second-order valence-corrected chi connectivity index (χ2v) is 6.46. The molecule has 1 heterocycles. The Balaban J connectivity index is 2.32. The number of benzene rings is 1. The molecule has 0 radical (unpaired) electrons. The Morgan fingerprint density at radius 1 is 1.37 bits per heavy atom. The van der Waals surface area contributed by atoms with Crippen LogP contribution in [0.25, 0.3) is 0 Å². The van der Waals surface area contributed by atoms with Crippen LogP contribution in [0.2, 0.25) is 0 Å². The van der Waals surface area contributed by atoms with E-state index in [-0.39, 0.29) is 10.6 Å². The number of anilines is 1. The van der Waals surface area contributed by atoms with E-state index in [1.807, 2.05) is 13.8 Å². The lowest BCUT2D eigenvalue weighted by molar-refractivity contribution is 0.595. The van der Waals surface area contributed by atoms with Crippen molar-refractivity contribution in [3.8, 4) is 0 Å². The Kier molecular flexibility index (Phi) is 3.61. The molecule has 5 nitrogen and oxygen atoms in total. The molecule has 2 rings (SSSR count). The molecular formula is C13H17N3O2S. The number of nitrogen functional groups attached to an aromatic ring is 1. The predicted molar refractivity (Wildman–Crippen MR) is 74.4 cm³/mol. The van der Waals surface area contributed by atoms with Crippen molar-refractivity contribution < 1.29 is 8.42 Å². The molecule has 0 aliphatic rings. The summed E-state index contributed by atoms with van der Waals surface area (Å²) in [7, 11) is -3.43. The highest BCUT2D eigenvalue weighted by atomic mass is 32.2. The highest BCUT2D eigenvalue weighted by molar-refractivity contribution is 7.90. The molecule has 0 spiro atoms. The molecule has 1 aromatic carbocycles. The molecule has 0 saturated carbocycles.